The molecular formula is C24H24N4O4S. The molecule has 33 heavy (non-hydrogen) atoms. The molecule has 1 amide bonds. The summed E-state index contributed by atoms with van der Waals surface area (Å²) in [6, 6.07) is 12.5. The maximum atomic E-state index is 13.3. The van der Waals surface area contributed by atoms with Crippen LogP contribution in [0, 0.1) is 0 Å². The van der Waals surface area contributed by atoms with Crippen LogP contribution >= 0.6 is 11.3 Å². The maximum Gasteiger partial charge on any atom is 0.278 e. The van der Waals surface area contributed by atoms with Gasteiger partial charge in [0.15, 0.2) is 5.13 Å². The first-order valence-electron chi connectivity index (χ1n) is 11.0. The van der Waals surface area contributed by atoms with Crippen LogP contribution in [0.1, 0.15) is 39.1 Å². The third kappa shape index (κ3) is 4.66. The summed E-state index contributed by atoms with van der Waals surface area (Å²) >= 11 is 1.33. The summed E-state index contributed by atoms with van der Waals surface area (Å²) in [6.07, 6.45) is 1.61. The number of amides is 1. The lowest BCUT2D eigenvalue weighted by molar-refractivity contribution is 0.0376. The number of hydrogen-bond acceptors (Lipinski definition) is 8. The molecule has 2 aliphatic rings. The highest BCUT2D eigenvalue weighted by Gasteiger charge is 2.35. The number of ether oxygens (including phenoxy) is 2. The van der Waals surface area contributed by atoms with Gasteiger partial charge in [-0.2, -0.15) is 0 Å². The molecule has 0 saturated carbocycles. The number of hydrogen-bond donors (Lipinski definition) is 0. The molecule has 4 heterocycles. The van der Waals surface area contributed by atoms with E-state index in [1.165, 1.54) is 11.3 Å². The van der Waals surface area contributed by atoms with Crippen LogP contribution in [0.5, 0.6) is 5.75 Å². The number of morpholine rings is 1. The van der Waals surface area contributed by atoms with Crippen LogP contribution in [-0.4, -0.2) is 66.0 Å². The number of Topliss-reactive ketones (excluding diaryl/α,β-unsaturated/α-hetero) is 1. The molecule has 5 rings (SSSR count). The average Bonchev–Trinajstić information content (AvgIpc) is 3.48. The van der Waals surface area contributed by atoms with Crippen molar-refractivity contribution in [3.8, 4) is 5.75 Å². The van der Waals surface area contributed by atoms with E-state index in [-0.39, 0.29) is 11.7 Å². The summed E-state index contributed by atoms with van der Waals surface area (Å²) in [5, 5.41) is 2.33. The van der Waals surface area contributed by atoms with E-state index < -0.39 is 6.10 Å². The third-order valence-electron chi connectivity index (χ3n) is 5.73. The third-order valence-corrected chi connectivity index (χ3v) is 6.62. The second-order valence-electron chi connectivity index (χ2n) is 7.89. The molecule has 8 nitrogen and oxygen atoms in total. The minimum atomic E-state index is -0.785. The van der Waals surface area contributed by atoms with Gasteiger partial charge in [0.2, 0.25) is 11.9 Å². The molecule has 0 spiro atoms. The highest BCUT2D eigenvalue weighted by Crippen LogP contribution is 2.37. The highest BCUT2D eigenvalue weighted by molar-refractivity contribution is 7.14. The lowest BCUT2D eigenvalue weighted by Crippen LogP contribution is -2.39. The fourth-order valence-corrected chi connectivity index (χ4v) is 4.86. The number of fused-ring (bicyclic) bond motifs is 1. The van der Waals surface area contributed by atoms with Gasteiger partial charge in [-0.25, -0.2) is 4.98 Å². The summed E-state index contributed by atoms with van der Waals surface area (Å²) in [5.41, 5.74) is 1.44. The standard InChI is InChI=1S/C24H24N4O4S/c29-21-17-6-1-2-8-20(17)32-22(21)19-16-33-24(26-19)28(23(30)18-7-3-4-9-25-18)11-5-10-27-12-14-31-15-13-27/h1-4,6-9,16,22H,5,10-15H2. The molecule has 1 fully saturated rings. The topological polar surface area (TPSA) is 84.9 Å². The number of benzene rings is 1. The van der Waals surface area contributed by atoms with Crippen molar-refractivity contribution in [1.82, 2.24) is 14.9 Å². The number of thiazole rings is 1. The van der Waals surface area contributed by atoms with Crippen LogP contribution in [-0.2, 0) is 4.74 Å². The van der Waals surface area contributed by atoms with Crippen molar-refractivity contribution in [2.24, 2.45) is 0 Å². The number of rotatable bonds is 7. The predicted octanol–water partition coefficient (Wildman–Crippen LogP) is 3.22. The zero-order chi connectivity index (χ0) is 22.6. The predicted molar refractivity (Wildman–Crippen MR) is 124 cm³/mol. The molecule has 2 aliphatic heterocycles. The smallest absolute Gasteiger partial charge is 0.278 e. The molecule has 1 atom stereocenters. The first-order valence-corrected chi connectivity index (χ1v) is 11.9. The van der Waals surface area contributed by atoms with E-state index in [9.17, 15) is 9.59 Å². The van der Waals surface area contributed by atoms with Crippen LogP contribution in [0.4, 0.5) is 5.13 Å². The van der Waals surface area contributed by atoms with Gasteiger partial charge < -0.3 is 9.47 Å². The monoisotopic (exact) mass is 464 g/mol. The Morgan fingerprint density at radius 3 is 2.76 bits per heavy atom. The van der Waals surface area contributed by atoms with Gasteiger partial charge >= 0.3 is 0 Å². The molecular weight excluding hydrogens is 440 g/mol. The fourth-order valence-electron chi connectivity index (χ4n) is 4.00. The van der Waals surface area contributed by atoms with Crippen molar-refractivity contribution in [1.29, 1.82) is 0 Å². The normalized spacial score (nSPS) is 18.1. The summed E-state index contributed by atoms with van der Waals surface area (Å²) in [6.45, 7) is 4.65. The van der Waals surface area contributed by atoms with Crippen LogP contribution < -0.4 is 9.64 Å². The van der Waals surface area contributed by atoms with Gasteiger partial charge in [-0.3, -0.25) is 24.4 Å². The van der Waals surface area contributed by atoms with Crippen molar-refractivity contribution in [3.05, 3.63) is 71.0 Å². The van der Waals surface area contributed by atoms with Crippen molar-refractivity contribution >= 4 is 28.2 Å². The van der Waals surface area contributed by atoms with Gasteiger partial charge in [0.1, 0.15) is 17.1 Å². The highest BCUT2D eigenvalue weighted by atomic mass is 32.1. The number of nitrogens with zero attached hydrogens (tertiary/aromatic N) is 4. The second-order valence-corrected chi connectivity index (χ2v) is 8.73. The lowest BCUT2D eigenvalue weighted by Gasteiger charge is -2.27. The summed E-state index contributed by atoms with van der Waals surface area (Å²) in [5.74, 6) is 0.242. The van der Waals surface area contributed by atoms with E-state index in [1.807, 2.05) is 12.1 Å². The Morgan fingerprint density at radius 1 is 1.15 bits per heavy atom. The maximum absolute atomic E-state index is 13.3. The summed E-state index contributed by atoms with van der Waals surface area (Å²) in [7, 11) is 0. The van der Waals surface area contributed by atoms with Gasteiger partial charge in [-0.1, -0.05) is 18.2 Å². The average molecular weight is 465 g/mol. The summed E-state index contributed by atoms with van der Waals surface area (Å²) < 4.78 is 11.3. The number of ketones is 1. The van der Waals surface area contributed by atoms with Crippen LogP contribution in [0.2, 0.25) is 0 Å². The van der Waals surface area contributed by atoms with Gasteiger partial charge in [0.05, 0.1) is 18.8 Å². The number of carbonyl (C=O) groups excluding carboxylic acids is 2. The minimum absolute atomic E-state index is 0.114. The molecule has 0 bridgehead atoms. The Labute approximate surface area is 195 Å². The van der Waals surface area contributed by atoms with E-state index >= 15 is 0 Å². The van der Waals surface area contributed by atoms with E-state index in [0.717, 1.165) is 39.3 Å². The first-order chi connectivity index (χ1) is 16.2. The van der Waals surface area contributed by atoms with Crippen molar-refractivity contribution < 1.29 is 19.1 Å². The van der Waals surface area contributed by atoms with Crippen LogP contribution in [0.25, 0.3) is 0 Å². The molecule has 1 saturated heterocycles. The number of pyridine rings is 1. The molecule has 1 unspecified atom stereocenters. The Bertz CT molecular complexity index is 1130. The summed E-state index contributed by atoms with van der Waals surface area (Å²) in [4.78, 5) is 39.0. The van der Waals surface area contributed by atoms with Gasteiger partial charge in [0, 0.05) is 37.8 Å². The van der Waals surface area contributed by atoms with Gasteiger partial charge in [-0.05, 0) is 30.7 Å². The second kappa shape index (κ2) is 9.78. The van der Waals surface area contributed by atoms with E-state index in [0.29, 0.717) is 34.4 Å². The zero-order valence-electron chi connectivity index (χ0n) is 18.1. The molecule has 170 valence electrons. The molecule has 0 N–H and O–H groups in total. The number of para-hydroxylation sites is 1. The van der Waals surface area contributed by atoms with Gasteiger partial charge in [0.25, 0.3) is 5.91 Å². The zero-order valence-corrected chi connectivity index (χ0v) is 18.9. The van der Waals surface area contributed by atoms with E-state index in [4.69, 9.17) is 9.47 Å². The molecule has 0 aliphatic carbocycles. The lowest BCUT2D eigenvalue weighted by atomic mass is 10.1. The van der Waals surface area contributed by atoms with Crippen molar-refractivity contribution in [2.45, 2.75) is 12.5 Å². The number of anilines is 1. The number of aromatic nitrogens is 2. The Kier molecular flexibility index (Phi) is 6.43. The molecule has 0 radical (unpaired) electrons. The van der Waals surface area contributed by atoms with E-state index in [1.54, 1.807) is 46.8 Å². The molecule has 3 aromatic rings. The van der Waals surface area contributed by atoms with Crippen molar-refractivity contribution in [2.75, 3.05) is 44.3 Å². The van der Waals surface area contributed by atoms with E-state index in [2.05, 4.69) is 14.9 Å². The molecule has 9 heteroatoms. The SMILES string of the molecule is O=C1c2ccccc2OC1c1csc(N(CCCN2CCOCC2)C(=O)c2ccccn2)n1. The van der Waals surface area contributed by atoms with Gasteiger partial charge in [-0.15, -0.1) is 11.3 Å². The Hall–Kier alpha value is -3.14. The Balaban J connectivity index is 1.34. The number of carbonyl (C=O) groups is 2. The molecule has 1 aromatic carbocycles. The first kappa shape index (κ1) is 21.7. The minimum Gasteiger partial charge on any atom is -0.475 e. The molecule has 2 aromatic heterocycles. The van der Waals surface area contributed by atoms with Crippen LogP contribution in [0.3, 0.4) is 0 Å². The largest absolute Gasteiger partial charge is 0.475 e. The van der Waals surface area contributed by atoms with Crippen LogP contribution in [0.15, 0.2) is 54.0 Å². The quantitative estimate of drug-likeness (QED) is 0.531. The Morgan fingerprint density at radius 2 is 1.97 bits per heavy atom. The fraction of sp³-hybridized carbons (Fsp3) is 0.333. The van der Waals surface area contributed by atoms with Crippen molar-refractivity contribution in [3.63, 3.8) is 0 Å².